The fourth-order valence-corrected chi connectivity index (χ4v) is 2.30. The molecule has 0 saturated carbocycles. The lowest BCUT2D eigenvalue weighted by atomic mass is 10.2. The summed E-state index contributed by atoms with van der Waals surface area (Å²) in [7, 11) is 0. The number of nitrogens with zero attached hydrogens (tertiary/aromatic N) is 1. The van der Waals surface area contributed by atoms with Gasteiger partial charge in [0, 0.05) is 12.6 Å². The maximum absolute atomic E-state index is 13.4. The van der Waals surface area contributed by atoms with E-state index >= 15 is 0 Å². The molecule has 0 spiro atoms. The molecule has 1 aromatic heterocycles. The first-order valence-electron chi connectivity index (χ1n) is 6.43. The van der Waals surface area contributed by atoms with Gasteiger partial charge in [0.15, 0.2) is 0 Å². The molecule has 1 N–H and O–H groups in total. The van der Waals surface area contributed by atoms with Gasteiger partial charge >= 0.3 is 6.08 Å². The summed E-state index contributed by atoms with van der Waals surface area (Å²) in [5.74, 6) is 0.237. The molecule has 0 aliphatic carbocycles. The second kappa shape index (κ2) is 7.24. The van der Waals surface area contributed by atoms with E-state index in [0.29, 0.717) is 16.9 Å². The van der Waals surface area contributed by atoms with Crippen LogP contribution < -0.4 is 10.1 Å². The van der Waals surface area contributed by atoms with Crippen molar-refractivity contribution in [3.63, 3.8) is 0 Å². The Balaban J connectivity index is 2.01. The zero-order valence-electron chi connectivity index (χ0n) is 11.6. The lowest BCUT2D eigenvalue weighted by Gasteiger charge is -2.05. The molecule has 2 rings (SSSR count). The van der Waals surface area contributed by atoms with Gasteiger partial charge in [0.2, 0.25) is 0 Å². The van der Waals surface area contributed by atoms with Crippen LogP contribution in [0.3, 0.4) is 0 Å². The van der Waals surface area contributed by atoms with Crippen molar-refractivity contribution in [1.82, 2.24) is 10.3 Å². The van der Waals surface area contributed by atoms with Crippen molar-refractivity contribution in [2.75, 3.05) is 6.54 Å². The monoisotopic (exact) mass is 376 g/mol. The van der Waals surface area contributed by atoms with Gasteiger partial charge in [0.1, 0.15) is 17.8 Å². The van der Waals surface area contributed by atoms with Gasteiger partial charge in [-0.15, -0.1) is 0 Å². The highest BCUT2D eigenvalue weighted by atomic mass is 79.9. The van der Waals surface area contributed by atoms with Gasteiger partial charge in [-0.1, -0.05) is 25.4 Å². The van der Waals surface area contributed by atoms with Gasteiger partial charge in [0.25, 0.3) is 0 Å². The topological polar surface area (TPSA) is 47.3 Å². The van der Waals surface area contributed by atoms with Crippen molar-refractivity contribution in [3.8, 4) is 11.8 Å². The molecule has 21 heavy (non-hydrogen) atoms. The Labute approximate surface area is 135 Å². The van der Waals surface area contributed by atoms with Gasteiger partial charge < -0.3 is 14.5 Å². The van der Waals surface area contributed by atoms with Gasteiger partial charge in [-0.2, -0.15) is 4.98 Å². The van der Waals surface area contributed by atoms with Crippen molar-refractivity contribution < 1.29 is 13.5 Å². The third kappa shape index (κ3) is 4.69. The van der Waals surface area contributed by atoms with E-state index in [1.807, 2.05) is 0 Å². The highest BCUT2D eigenvalue weighted by molar-refractivity contribution is 9.10. The lowest BCUT2D eigenvalue weighted by Crippen LogP contribution is -2.19. The molecule has 7 heteroatoms. The quantitative estimate of drug-likeness (QED) is 0.737. The van der Waals surface area contributed by atoms with Crippen molar-refractivity contribution in [2.24, 2.45) is 5.92 Å². The molecule has 0 fully saturated rings. The van der Waals surface area contributed by atoms with E-state index in [2.05, 4.69) is 40.1 Å². The minimum atomic E-state index is -0.569. The third-order valence-electron chi connectivity index (χ3n) is 2.56. The molecule has 0 aliphatic heterocycles. The summed E-state index contributed by atoms with van der Waals surface area (Å²) in [6.45, 7) is 5.71. The Kier molecular flexibility index (Phi) is 5.61. The molecule has 0 amide bonds. The van der Waals surface area contributed by atoms with E-state index in [-0.39, 0.29) is 16.8 Å². The van der Waals surface area contributed by atoms with E-state index < -0.39 is 5.82 Å². The molecule has 0 aliphatic rings. The SMILES string of the molecule is CC(C)CNCc1coc(Oc2cc(F)c(Cl)cc2Br)n1. The number of oxazole rings is 1. The van der Waals surface area contributed by atoms with Crippen LogP contribution in [0.15, 0.2) is 27.3 Å². The molecule has 2 aromatic rings. The number of nitrogens with one attached hydrogen (secondary N) is 1. The lowest BCUT2D eigenvalue weighted by molar-refractivity contribution is 0.328. The third-order valence-corrected chi connectivity index (χ3v) is 3.47. The number of aromatic nitrogens is 1. The molecular formula is C14H15BrClFN2O2. The predicted molar refractivity (Wildman–Crippen MR) is 82.2 cm³/mol. The first-order chi connectivity index (χ1) is 9.95. The van der Waals surface area contributed by atoms with Gasteiger partial charge in [-0.05, 0) is 34.5 Å². The Bertz CT molecular complexity index is 619. The summed E-state index contributed by atoms with van der Waals surface area (Å²) in [5.41, 5.74) is 0.719. The second-order valence-electron chi connectivity index (χ2n) is 4.93. The summed E-state index contributed by atoms with van der Waals surface area (Å²) >= 11 is 8.91. The Morgan fingerprint density at radius 1 is 1.48 bits per heavy atom. The van der Waals surface area contributed by atoms with Crippen LogP contribution in [0.25, 0.3) is 0 Å². The Hall–Kier alpha value is -1.11. The summed E-state index contributed by atoms with van der Waals surface area (Å²) in [4.78, 5) is 4.17. The van der Waals surface area contributed by atoms with Crippen LogP contribution in [0.2, 0.25) is 5.02 Å². The highest BCUT2D eigenvalue weighted by Crippen LogP contribution is 2.33. The maximum atomic E-state index is 13.4. The van der Waals surface area contributed by atoms with Crippen LogP contribution in [-0.2, 0) is 6.54 Å². The van der Waals surface area contributed by atoms with Crippen molar-refractivity contribution in [1.29, 1.82) is 0 Å². The first kappa shape index (κ1) is 16.3. The van der Waals surface area contributed by atoms with Crippen LogP contribution in [-0.4, -0.2) is 11.5 Å². The minimum Gasteiger partial charge on any atom is -0.417 e. The second-order valence-corrected chi connectivity index (χ2v) is 6.19. The van der Waals surface area contributed by atoms with Crippen molar-refractivity contribution >= 4 is 27.5 Å². The van der Waals surface area contributed by atoms with Gasteiger partial charge in [0.05, 0.1) is 15.2 Å². The molecule has 114 valence electrons. The van der Waals surface area contributed by atoms with Crippen LogP contribution in [0.4, 0.5) is 4.39 Å². The molecule has 1 aromatic carbocycles. The van der Waals surface area contributed by atoms with Gasteiger partial charge in [-0.25, -0.2) is 4.39 Å². The van der Waals surface area contributed by atoms with E-state index in [9.17, 15) is 4.39 Å². The molecule has 0 unspecified atom stereocenters. The average molecular weight is 378 g/mol. The number of hydrogen-bond donors (Lipinski definition) is 1. The number of benzene rings is 1. The smallest absolute Gasteiger partial charge is 0.399 e. The number of ether oxygens (including phenoxy) is 1. The van der Waals surface area contributed by atoms with Crippen molar-refractivity contribution in [2.45, 2.75) is 20.4 Å². The summed E-state index contributed by atoms with van der Waals surface area (Å²) < 4.78 is 24.5. The molecule has 1 heterocycles. The van der Waals surface area contributed by atoms with Gasteiger partial charge in [-0.3, -0.25) is 0 Å². The van der Waals surface area contributed by atoms with Crippen LogP contribution in [0, 0.1) is 11.7 Å². The average Bonchev–Trinajstić information content (AvgIpc) is 2.83. The molecular weight excluding hydrogens is 363 g/mol. The molecule has 0 bridgehead atoms. The molecule has 4 nitrogen and oxygen atoms in total. The normalized spacial score (nSPS) is 11.1. The van der Waals surface area contributed by atoms with E-state index in [1.165, 1.54) is 18.4 Å². The minimum absolute atomic E-state index is 0.0141. The van der Waals surface area contributed by atoms with Crippen LogP contribution in [0.5, 0.6) is 11.8 Å². The molecule has 0 atom stereocenters. The number of rotatable bonds is 6. The molecule has 0 saturated heterocycles. The van der Waals surface area contributed by atoms with Crippen LogP contribution in [0.1, 0.15) is 19.5 Å². The van der Waals surface area contributed by atoms with E-state index in [0.717, 1.165) is 12.2 Å². The zero-order valence-corrected chi connectivity index (χ0v) is 14.0. The predicted octanol–water partition coefficient (Wildman–Crippen LogP) is 4.77. The van der Waals surface area contributed by atoms with Crippen LogP contribution >= 0.6 is 27.5 Å². The fraction of sp³-hybridized carbons (Fsp3) is 0.357. The highest BCUT2D eigenvalue weighted by Gasteiger charge is 2.12. The fourth-order valence-electron chi connectivity index (χ4n) is 1.58. The largest absolute Gasteiger partial charge is 0.417 e. The van der Waals surface area contributed by atoms with Crippen molar-refractivity contribution in [3.05, 3.63) is 39.4 Å². The summed E-state index contributed by atoms with van der Waals surface area (Å²) in [6.07, 6.45) is 1.56. The Morgan fingerprint density at radius 3 is 2.95 bits per heavy atom. The molecule has 0 radical (unpaired) electrons. The Morgan fingerprint density at radius 2 is 2.24 bits per heavy atom. The summed E-state index contributed by atoms with van der Waals surface area (Å²) in [5, 5.41) is 3.26. The summed E-state index contributed by atoms with van der Waals surface area (Å²) in [6, 6.07) is 2.59. The number of hydrogen-bond acceptors (Lipinski definition) is 4. The maximum Gasteiger partial charge on any atom is 0.399 e. The van der Waals surface area contributed by atoms with E-state index in [4.69, 9.17) is 20.8 Å². The van der Waals surface area contributed by atoms with E-state index in [1.54, 1.807) is 0 Å². The first-order valence-corrected chi connectivity index (χ1v) is 7.60. The zero-order chi connectivity index (χ0) is 15.4. The standard InChI is InChI=1S/C14H15BrClFN2O2/c1-8(2)5-18-6-9-7-20-14(19-9)21-13-4-12(17)11(16)3-10(13)15/h3-4,7-8,18H,5-6H2,1-2H3. The number of halogens is 3.